The molecule has 1 N–H and O–H groups in total. The van der Waals surface area contributed by atoms with E-state index in [-0.39, 0.29) is 11.7 Å². The van der Waals surface area contributed by atoms with Crippen molar-refractivity contribution >= 4 is 34.6 Å². The van der Waals surface area contributed by atoms with Gasteiger partial charge in [-0.25, -0.2) is 0 Å². The number of hydrogen-bond donors (Lipinski definition) is 1. The van der Waals surface area contributed by atoms with Crippen LogP contribution in [0.1, 0.15) is 5.56 Å². The standard InChI is InChI=1S/C21H21N3O3S/c1-27-17-8-6-16(7-9-17)23-10-12-24(13-11-23)21-22-20(26)19(28-21)14-15-4-2-3-5-18(15)25/h2-9,14,25H,10-13H2,1H3/b19-14-. The Hall–Kier alpha value is -2.93. The molecule has 2 aliphatic heterocycles. The average Bonchev–Trinajstić information content (AvgIpc) is 3.10. The molecule has 0 aromatic heterocycles. The molecule has 4 rings (SSSR count). The Balaban J connectivity index is 1.39. The topological polar surface area (TPSA) is 65.4 Å². The third-order valence-electron chi connectivity index (χ3n) is 4.82. The molecule has 28 heavy (non-hydrogen) atoms. The van der Waals surface area contributed by atoms with Crippen molar-refractivity contribution < 1.29 is 14.6 Å². The largest absolute Gasteiger partial charge is 0.507 e. The highest BCUT2D eigenvalue weighted by molar-refractivity contribution is 8.18. The van der Waals surface area contributed by atoms with Crippen LogP contribution in [0.3, 0.4) is 0 Å². The molecule has 0 bridgehead atoms. The van der Waals surface area contributed by atoms with Gasteiger partial charge in [0.25, 0.3) is 5.91 Å². The van der Waals surface area contributed by atoms with Crippen molar-refractivity contribution in [3.63, 3.8) is 0 Å². The van der Waals surface area contributed by atoms with E-state index in [9.17, 15) is 9.90 Å². The van der Waals surface area contributed by atoms with Crippen molar-refractivity contribution in [1.29, 1.82) is 0 Å². The van der Waals surface area contributed by atoms with Crippen LogP contribution in [0.25, 0.3) is 6.08 Å². The molecule has 0 aliphatic carbocycles. The Bertz CT molecular complexity index is 932. The molecule has 1 fully saturated rings. The summed E-state index contributed by atoms with van der Waals surface area (Å²) in [5.41, 5.74) is 1.79. The summed E-state index contributed by atoms with van der Waals surface area (Å²) in [6.07, 6.45) is 1.70. The maximum absolute atomic E-state index is 12.3. The van der Waals surface area contributed by atoms with Crippen molar-refractivity contribution in [2.45, 2.75) is 0 Å². The second-order valence-corrected chi connectivity index (χ2v) is 7.55. The molecular weight excluding hydrogens is 374 g/mol. The number of aromatic hydroxyl groups is 1. The first-order valence-corrected chi connectivity index (χ1v) is 9.90. The van der Waals surface area contributed by atoms with Crippen molar-refractivity contribution in [2.75, 3.05) is 38.2 Å². The number of carbonyl (C=O) groups is 1. The van der Waals surface area contributed by atoms with E-state index < -0.39 is 0 Å². The second kappa shape index (κ2) is 7.98. The van der Waals surface area contributed by atoms with E-state index in [0.29, 0.717) is 10.5 Å². The number of phenols is 1. The number of nitrogens with zero attached hydrogens (tertiary/aromatic N) is 3. The number of amidine groups is 1. The second-order valence-electron chi connectivity index (χ2n) is 6.54. The minimum Gasteiger partial charge on any atom is -0.507 e. The molecule has 2 aromatic carbocycles. The molecule has 2 aromatic rings. The minimum atomic E-state index is -0.249. The van der Waals surface area contributed by atoms with Gasteiger partial charge in [0, 0.05) is 37.4 Å². The molecule has 0 spiro atoms. The Kier molecular flexibility index (Phi) is 5.25. The van der Waals surface area contributed by atoms with E-state index in [1.54, 1.807) is 31.4 Å². The number of thioether (sulfide) groups is 1. The van der Waals surface area contributed by atoms with Crippen LogP contribution in [-0.2, 0) is 4.79 Å². The Morgan fingerprint density at radius 1 is 1.04 bits per heavy atom. The lowest BCUT2D eigenvalue weighted by atomic mass is 10.2. The highest BCUT2D eigenvalue weighted by Gasteiger charge is 2.28. The zero-order chi connectivity index (χ0) is 19.5. The van der Waals surface area contributed by atoms with Gasteiger partial charge in [-0.15, -0.1) is 0 Å². The summed E-state index contributed by atoms with van der Waals surface area (Å²) in [7, 11) is 1.66. The fourth-order valence-electron chi connectivity index (χ4n) is 3.23. The first-order valence-electron chi connectivity index (χ1n) is 9.08. The van der Waals surface area contributed by atoms with Crippen LogP contribution in [0.4, 0.5) is 5.69 Å². The molecule has 0 unspecified atom stereocenters. The van der Waals surface area contributed by atoms with E-state index in [4.69, 9.17) is 4.74 Å². The summed E-state index contributed by atoms with van der Waals surface area (Å²) in [5, 5.41) is 10.7. The number of anilines is 1. The summed E-state index contributed by atoms with van der Waals surface area (Å²) >= 11 is 1.37. The molecule has 2 aliphatic rings. The maximum Gasteiger partial charge on any atom is 0.286 e. The van der Waals surface area contributed by atoms with Gasteiger partial charge in [-0.1, -0.05) is 18.2 Å². The molecule has 1 saturated heterocycles. The summed E-state index contributed by atoms with van der Waals surface area (Å²) in [6, 6.07) is 15.0. The van der Waals surface area contributed by atoms with Crippen LogP contribution < -0.4 is 9.64 Å². The number of aliphatic imine (C=N–C) groups is 1. The Morgan fingerprint density at radius 3 is 2.39 bits per heavy atom. The highest BCUT2D eigenvalue weighted by atomic mass is 32.2. The minimum absolute atomic E-state index is 0.157. The molecule has 6 nitrogen and oxygen atoms in total. The molecule has 2 heterocycles. The number of amides is 1. The van der Waals surface area contributed by atoms with E-state index >= 15 is 0 Å². The first-order chi connectivity index (χ1) is 13.6. The van der Waals surface area contributed by atoms with Crippen molar-refractivity contribution in [3.8, 4) is 11.5 Å². The van der Waals surface area contributed by atoms with Gasteiger partial charge in [0.05, 0.1) is 12.0 Å². The van der Waals surface area contributed by atoms with Gasteiger partial charge in [0.1, 0.15) is 11.5 Å². The van der Waals surface area contributed by atoms with Crippen LogP contribution in [0.2, 0.25) is 0 Å². The van der Waals surface area contributed by atoms with Crippen molar-refractivity contribution in [1.82, 2.24) is 4.90 Å². The monoisotopic (exact) mass is 395 g/mol. The van der Waals surface area contributed by atoms with E-state index in [0.717, 1.165) is 42.8 Å². The number of carbonyl (C=O) groups excluding carboxylic acids is 1. The summed E-state index contributed by atoms with van der Waals surface area (Å²) < 4.78 is 5.21. The van der Waals surface area contributed by atoms with Crippen molar-refractivity contribution in [2.24, 2.45) is 4.99 Å². The molecule has 0 radical (unpaired) electrons. The van der Waals surface area contributed by atoms with Gasteiger partial charge in [-0.3, -0.25) is 4.79 Å². The number of piperazine rings is 1. The lowest BCUT2D eigenvalue weighted by molar-refractivity contribution is -0.113. The van der Waals surface area contributed by atoms with Crippen LogP contribution in [0.5, 0.6) is 11.5 Å². The number of hydrogen-bond acceptors (Lipinski definition) is 6. The molecule has 0 atom stereocenters. The van der Waals surface area contributed by atoms with Crippen LogP contribution >= 0.6 is 11.8 Å². The third-order valence-corrected chi connectivity index (χ3v) is 5.86. The summed E-state index contributed by atoms with van der Waals surface area (Å²) in [4.78, 5) is 21.5. The Labute approximate surface area is 168 Å². The number of ether oxygens (including phenoxy) is 1. The van der Waals surface area contributed by atoms with E-state index in [1.807, 2.05) is 18.2 Å². The normalized spacial score (nSPS) is 18.5. The molecule has 1 amide bonds. The fraction of sp³-hybridized carbons (Fsp3) is 0.238. The summed E-state index contributed by atoms with van der Waals surface area (Å²) in [6.45, 7) is 3.32. The predicted octanol–water partition coefficient (Wildman–Crippen LogP) is 3.19. The molecule has 144 valence electrons. The zero-order valence-electron chi connectivity index (χ0n) is 15.5. The van der Waals surface area contributed by atoms with Crippen LogP contribution in [0.15, 0.2) is 58.4 Å². The van der Waals surface area contributed by atoms with E-state index in [1.165, 1.54) is 11.8 Å². The number of rotatable bonds is 3. The number of benzene rings is 2. The van der Waals surface area contributed by atoms with Crippen LogP contribution in [0, 0.1) is 0 Å². The van der Waals surface area contributed by atoms with Gasteiger partial charge in [-0.2, -0.15) is 4.99 Å². The molecule has 7 heteroatoms. The first kappa shape index (κ1) is 18.4. The Morgan fingerprint density at radius 2 is 1.71 bits per heavy atom. The quantitative estimate of drug-likeness (QED) is 0.806. The average molecular weight is 395 g/mol. The van der Waals surface area contributed by atoms with Crippen molar-refractivity contribution in [3.05, 3.63) is 59.0 Å². The third kappa shape index (κ3) is 3.84. The maximum atomic E-state index is 12.3. The highest BCUT2D eigenvalue weighted by Crippen LogP contribution is 2.32. The fourth-order valence-corrected chi connectivity index (χ4v) is 4.19. The lowest BCUT2D eigenvalue weighted by Crippen LogP contribution is -2.47. The van der Waals surface area contributed by atoms with E-state index in [2.05, 4.69) is 26.9 Å². The van der Waals surface area contributed by atoms with Gasteiger partial charge in [0.2, 0.25) is 0 Å². The molecular formula is C21H21N3O3S. The predicted molar refractivity (Wildman–Crippen MR) is 113 cm³/mol. The van der Waals surface area contributed by atoms with Crippen LogP contribution in [-0.4, -0.2) is 54.4 Å². The summed E-state index contributed by atoms with van der Waals surface area (Å²) in [5.74, 6) is 0.757. The molecule has 0 saturated carbocycles. The number of para-hydroxylation sites is 1. The SMILES string of the molecule is COc1ccc(N2CCN(C3=NC(=O)/C(=C/c4ccccc4O)S3)CC2)cc1. The lowest BCUT2D eigenvalue weighted by Gasteiger charge is -2.36. The number of methoxy groups -OCH3 is 1. The van der Waals surface area contributed by atoms with Gasteiger partial charge in [0.15, 0.2) is 5.17 Å². The zero-order valence-corrected chi connectivity index (χ0v) is 16.4. The van der Waals surface area contributed by atoms with Gasteiger partial charge < -0.3 is 19.6 Å². The smallest absolute Gasteiger partial charge is 0.286 e. The van der Waals surface area contributed by atoms with Gasteiger partial charge in [-0.05, 0) is 48.2 Å². The number of phenolic OH excluding ortho intramolecular Hbond substituents is 1. The van der Waals surface area contributed by atoms with Gasteiger partial charge >= 0.3 is 0 Å².